The number of ether oxygens (including phenoxy) is 1. The van der Waals surface area contributed by atoms with E-state index in [4.69, 9.17) is 4.74 Å². The van der Waals surface area contributed by atoms with Gasteiger partial charge in [0.1, 0.15) is 6.29 Å². The second-order valence-electron chi connectivity index (χ2n) is 2.42. The van der Waals surface area contributed by atoms with E-state index in [1.807, 2.05) is 0 Å². The van der Waals surface area contributed by atoms with E-state index in [0.717, 1.165) is 12.9 Å². The first-order valence-electron chi connectivity index (χ1n) is 3.28. The van der Waals surface area contributed by atoms with Crippen LogP contribution in [-0.2, 0) is 9.53 Å². The Morgan fingerprint density at radius 1 is 1.56 bits per heavy atom. The second-order valence-corrected chi connectivity index (χ2v) is 2.42. The number of rotatable bonds is 5. The van der Waals surface area contributed by atoms with Gasteiger partial charge in [-0.3, -0.25) is 0 Å². The Balaban J connectivity index is 2.82. The SMILES string of the molecule is CC(C)COCCC=O. The summed E-state index contributed by atoms with van der Waals surface area (Å²) in [5, 5.41) is 0. The molecule has 9 heavy (non-hydrogen) atoms. The van der Waals surface area contributed by atoms with Crippen LogP contribution in [0.5, 0.6) is 0 Å². The molecule has 0 fully saturated rings. The molecule has 0 aliphatic rings. The number of carbonyl (C=O) groups excluding carboxylic acids is 1. The monoisotopic (exact) mass is 130 g/mol. The van der Waals surface area contributed by atoms with Crippen LogP contribution < -0.4 is 0 Å². The highest BCUT2D eigenvalue weighted by Gasteiger charge is 1.91. The van der Waals surface area contributed by atoms with Gasteiger partial charge in [-0.1, -0.05) is 13.8 Å². The topological polar surface area (TPSA) is 26.3 Å². The number of carbonyl (C=O) groups is 1. The van der Waals surface area contributed by atoms with E-state index in [-0.39, 0.29) is 0 Å². The van der Waals surface area contributed by atoms with Gasteiger partial charge in [-0.05, 0) is 5.92 Å². The van der Waals surface area contributed by atoms with Gasteiger partial charge in [0.2, 0.25) is 0 Å². The molecule has 0 radical (unpaired) electrons. The van der Waals surface area contributed by atoms with Gasteiger partial charge >= 0.3 is 0 Å². The average molecular weight is 130 g/mol. The lowest BCUT2D eigenvalue weighted by molar-refractivity contribution is -0.108. The standard InChI is InChI=1S/C7H14O2/c1-7(2)6-9-5-3-4-8/h4,7H,3,5-6H2,1-2H3. The molecule has 0 aromatic heterocycles. The fraction of sp³-hybridized carbons (Fsp3) is 0.857. The lowest BCUT2D eigenvalue weighted by atomic mass is 10.2. The van der Waals surface area contributed by atoms with Crippen molar-refractivity contribution in [1.82, 2.24) is 0 Å². The summed E-state index contributed by atoms with van der Waals surface area (Å²) in [6.07, 6.45) is 1.40. The Morgan fingerprint density at radius 2 is 2.22 bits per heavy atom. The fourth-order valence-electron chi connectivity index (χ4n) is 0.450. The first kappa shape index (κ1) is 8.63. The summed E-state index contributed by atoms with van der Waals surface area (Å²) in [5.74, 6) is 0.566. The van der Waals surface area contributed by atoms with Gasteiger partial charge < -0.3 is 9.53 Å². The zero-order valence-corrected chi connectivity index (χ0v) is 6.09. The lowest BCUT2D eigenvalue weighted by Crippen LogP contribution is -2.02. The highest BCUT2D eigenvalue weighted by molar-refractivity contribution is 5.49. The number of hydrogen-bond donors (Lipinski definition) is 0. The van der Waals surface area contributed by atoms with Crippen molar-refractivity contribution >= 4 is 6.29 Å². The van der Waals surface area contributed by atoms with E-state index in [2.05, 4.69) is 13.8 Å². The molecule has 2 heteroatoms. The Kier molecular flexibility index (Phi) is 5.52. The number of hydrogen-bond acceptors (Lipinski definition) is 2. The van der Waals surface area contributed by atoms with Crippen LogP contribution in [0.4, 0.5) is 0 Å². The van der Waals surface area contributed by atoms with Crippen LogP contribution in [0, 0.1) is 5.92 Å². The molecular formula is C7H14O2. The molecule has 0 spiro atoms. The third-order valence-corrected chi connectivity index (χ3v) is 0.831. The Morgan fingerprint density at radius 3 is 2.67 bits per heavy atom. The van der Waals surface area contributed by atoms with Gasteiger partial charge in [0, 0.05) is 13.0 Å². The van der Waals surface area contributed by atoms with Gasteiger partial charge in [0.15, 0.2) is 0 Å². The van der Waals surface area contributed by atoms with Crippen molar-refractivity contribution < 1.29 is 9.53 Å². The van der Waals surface area contributed by atoms with Gasteiger partial charge in [0.25, 0.3) is 0 Å². The molecule has 0 saturated heterocycles. The molecule has 0 N–H and O–H groups in total. The van der Waals surface area contributed by atoms with E-state index in [9.17, 15) is 4.79 Å². The normalized spacial score (nSPS) is 10.1. The molecule has 0 aromatic carbocycles. The summed E-state index contributed by atoms with van der Waals surface area (Å²) < 4.78 is 5.10. The van der Waals surface area contributed by atoms with Gasteiger partial charge in [-0.15, -0.1) is 0 Å². The van der Waals surface area contributed by atoms with Crippen LogP contribution >= 0.6 is 0 Å². The predicted octanol–water partition coefficient (Wildman–Crippen LogP) is 1.25. The van der Waals surface area contributed by atoms with Crippen molar-refractivity contribution in [3.8, 4) is 0 Å². The molecule has 0 amide bonds. The van der Waals surface area contributed by atoms with Crippen LogP contribution in [0.2, 0.25) is 0 Å². The maximum Gasteiger partial charge on any atom is 0.122 e. The van der Waals surface area contributed by atoms with E-state index in [1.54, 1.807) is 0 Å². The second kappa shape index (κ2) is 5.76. The molecule has 0 aliphatic heterocycles. The predicted molar refractivity (Wildman–Crippen MR) is 36.3 cm³/mol. The summed E-state index contributed by atoms with van der Waals surface area (Å²) >= 11 is 0. The Bertz CT molecular complexity index is 69.3. The van der Waals surface area contributed by atoms with E-state index in [0.29, 0.717) is 18.9 Å². The molecule has 0 atom stereocenters. The summed E-state index contributed by atoms with van der Waals surface area (Å²) in [4.78, 5) is 9.77. The first-order chi connectivity index (χ1) is 4.27. The van der Waals surface area contributed by atoms with Crippen LogP contribution in [0.15, 0.2) is 0 Å². The average Bonchev–Trinajstić information content (AvgIpc) is 1.80. The van der Waals surface area contributed by atoms with Gasteiger partial charge in [0.05, 0.1) is 6.61 Å². The van der Waals surface area contributed by atoms with Crippen molar-refractivity contribution in [3.63, 3.8) is 0 Å². The van der Waals surface area contributed by atoms with E-state index < -0.39 is 0 Å². The smallest absolute Gasteiger partial charge is 0.122 e. The quantitative estimate of drug-likeness (QED) is 0.413. The summed E-state index contributed by atoms with van der Waals surface area (Å²) in [7, 11) is 0. The first-order valence-corrected chi connectivity index (χ1v) is 3.28. The van der Waals surface area contributed by atoms with Crippen molar-refractivity contribution in [1.29, 1.82) is 0 Å². The highest BCUT2D eigenvalue weighted by Crippen LogP contribution is 1.91. The zero-order valence-electron chi connectivity index (χ0n) is 6.09. The summed E-state index contributed by atoms with van der Waals surface area (Å²) in [6, 6.07) is 0. The molecule has 0 rings (SSSR count). The molecule has 0 saturated carbocycles. The van der Waals surface area contributed by atoms with Crippen LogP contribution in [0.3, 0.4) is 0 Å². The van der Waals surface area contributed by atoms with Crippen molar-refractivity contribution in [3.05, 3.63) is 0 Å². The number of aldehydes is 1. The Hall–Kier alpha value is -0.370. The van der Waals surface area contributed by atoms with Crippen LogP contribution in [0.1, 0.15) is 20.3 Å². The zero-order chi connectivity index (χ0) is 7.11. The third kappa shape index (κ3) is 7.63. The Labute approximate surface area is 56.2 Å². The van der Waals surface area contributed by atoms with E-state index in [1.165, 1.54) is 0 Å². The maximum absolute atomic E-state index is 9.77. The van der Waals surface area contributed by atoms with E-state index >= 15 is 0 Å². The minimum absolute atomic E-state index is 0.521. The molecule has 54 valence electrons. The fourth-order valence-corrected chi connectivity index (χ4v) is 0.450. The van der Waals surface area contributed by atoms with Crippen molar-refractivity contribution in [2.24, 2.45) is 5.92 Å². The van der Waals surface area contributed by atoms with Crippen LogP contribution in [-0.4, -0.2) is 19.5 Å². The highest BCUT2D eigenvalue weighted by atomic mass is 16.5. The summed E-state index contributed by atoms with van der Waals surface area (Å²) in [6.45, 7) is 5.50. The molecule has 0 unspecified atom stereocenters. The van der Waals surface area contributed by atoms with Gasteiger partial charge in [-0.2, -0.15) is 0 Å². The summed E-state index contributed by atoms with van der Waals surface area (Å²) in [5.41, 5.74) is 0. The molecule has 0 bridgehead atoms. The molecule has 2 nitrogen and oxygen atoms in total. The third-order valence-electron chi connectivity index (χ3n) is 0.831. The molecule has 0 heterocycles. The molecular weight excluding hydrogens is 116 g/mol. The minimum Gasteiger partial charge on any atom is -0.381 e. The van der Waals surface area contributed by atoms with Gasteiger partial charge in [-0.25, -0.2) is 0 Å². The molecule has 0 aromatic rings. The van der Waals surface area contributed by atoms with Crippen molar-refractivity contribution in [2.45, 2.75) is 20.3 Å². The maximum atomic E-state index is 9.77. The largest absolute Gasteiger partial charge is 0.381 e. The molecule has 0 aliphatic carbocycles. The minimum atomic E-state index is 0.521. The van der Waals surface area contributed by atoms with Crippen molar-refractivity contribution in [2.75, 3.05) is 13.2 Å². The lowest BCUT2D eigenvalue weighted by Gasteiger charge is -2.03. The van der Waals surface area contributed by atoms with Crippen LogP contribution in [0.25, 0.3) is 0 Å².